The van der Waals surface area contributed by atoms with Crippen molar-refractivity contribution < 1.29 is 0 Å². The zero-order chi connectivity index (χ0) is 13.0. The molecular weight excluding hydrogens is 310 g/mol. The molecule has 1 fully saturated rings. The molecule has 100 valence electrons. The molecule has 0 radical (unpaired) electrons. The second-order valence-electron chi connectivity index (χ2n) is 5.00. The Morgan fingerprint density at radius 2 is 2.00 bits per heavy atom. The van der Waals surface area contributed by atoms with Crippen LogP contribution in [0.15, 0.2) is 22.7 Å². The van der Waals surface area contributed by atoms with Crippen LogP contribution in [-0.4, -0.2) is 12.6 Å². The van der Waals surface area contributed by atoms with Crippen LogP contribution in [0.25, 0.3) is 0 Å². The topological polar surface area (TPSA) is 3.24 Å². The molecule has 0 amide bonds. The average molecular weight is 331 g/mol. The summed E-state index contributed by atoms with van der Waals surface area (Å²) < 4.78 is 1.17. The maximum atomic E-state index is 5.88. The number of alkyl halides is 1. The normalized spacial score (nSPS) is 16.8. The summed E-state index contributed by atoms with van der Waals surface area (Å²) in [7, 11) is 0. The molecular formula is C15H21BrClN. The van der Waals surface area contributed by atoms with Gasteiger partial charge in [-0.1, -0.05) is 25.3 Å². The summed E-state index contributed by atoms with van der Waals surface area (Å²) in [6.45, 7) is 3.32. The highest BCUT2D eigenvalue weighted by Gasteiger charge is 2.21. The van der Waals surface area contributed by atoms with Gasteiger partial charge in [0, 0.05) is 22.9 Å². The van der Waals surface area contributed by atoms with Crippen LogP contribution < -0.4 is 4.90 Å². The van der Waals surface area contributed by atoms with Crippen LogP contribution in [0.1, 0.15) is 44.6 Å². The lowest BCUT2D eigenvalue weighted by molar-refractivity contribution is 0.418. The van der Waals surface area contributed by atoms with Crippen molar-refractivity contribution in [1.29, 1.82) is 0 Å². The molecule has 18 heavy (non-hydrogen) atoms. The largest absolute Gasteiger partial charge is 0.368 e. The van der Waals surface area contributed by atoms with E-state index in [0.717, 1.165) is 6.54 Å². The summed E-state index contributed by atoms with van der Waals surface area (Å²) in [6, 6.07) is 7.20. The predicted octanol–water partition coefficient (Wildman–Crippen LogP) is 5.35. The molecule has 0 spiro atoms. The quantitative estimate of drug-likeness (QED) is 0.673. The van der Waals surface area contributed by atoms with Crippen molar-refractivity contribution in [3.8, 4) is 0 Å². The number of hydrogen-bond acceptors (Lipinski definition) is 1. The van der Waals surface area contributed by atoms with E-state index < -0.39 is 0 Å². The lowest BCUT2D eigenvalue weighted by atomic mass is 9.93. The Kier molecular flexibility index (Phi) is 5.38. The Labute approximate surface area is 124 Å². The van der Waals surface area contributed by atoms with Crippen molar-refractivity contribution >= 4 is 33.2 Å². The number of anilines is 1. The molecule has 1 aromatic rings. The molecule has 0 aromatic heterocycles. The van der Waals surface area contributed by atoms with Crippen LogP contribution in [0.3, 0.4) is 0 Å². The molecule has 0 unspecified atom stereocenters. The molecule has 0 N–H and O–H groups in total. The Morgan fingerprint density at radius 3 is 2.56 bits per heavy atom. The van der Waals surface area contributed by atoms with Gasteiger partial charge in [-0.25, -0.2) is 0 Å². The van der Waals surface area contributed by atoms with E-state index in [0.29, 0.717) is 11.9 Å². The Hall–Kier alpha value is -0.210. The zero-order valence-corrected chi connectivity index (χ0v) is 13.3. The molecule has 1 aliphatic rings. The number of benzene rings is 1. The Balaban J connectivity index is 2.20. The Morgan fingerprint density at radius 1 is 1.28 bits per heavy atom. The molecule has 1 saturated carbocycles. The first-order chi connectivity index (χ1) is 8.76. The standard InChI is InChI=1S/C15H21BrClN/c1-2-18(13-6-4-3-5-7-13)15-9-8-12(11-17)10-14(15)16/h8-10,13H,2-7,11H2,1H3. The van der Waals surface area contributed by atoms with Crippen molar-refractivity contribution in [1.82, 2.24) is 0 Å². The minimum atomic E-state index is 0.578. The molecule has 0 aliphatic heterocycles. The summed E-state index contributed by atoms with van der Waals surface area (Å²) in [6.07, 6.45) is 6.81. The third kappa shape index (κ3) is 3.21. The first kappa shape index (κ1) is 14.2. The summed E-state index contributed by atoms with van der Waals surface area (Å²) >= 11 is 9.57. The van der Waals surface area contributed by atoms with Crippen molar-refractivity contribution in [3.63, 3.8) is 0 Å². The van der Waals surface area contributed by atoms with Gasteiger partial charge in [-0.15, -0.1) is 11.6 Å². The van der Waals surface area contributed by atoms with Gasteiger partial charge in [-0.05, 0) is 53.4 Å². The summed E-state index contributed by atoms with van der Waals surface area (Å²) in [4.78, 5) is 2.54. The zero-order valence-electron chi connectivity index (χ0n) is 11.0. The van der Waals surface area contributed by atoms with E-state index in [1.807, 2.05) is 0 Å². The van der Waals surface area contributed by atoms with Crippen LogP contribution in [0, 0.1) is 0 Å². The monoisotopic (exact) mass is 329 g/mol. The van der Waals surface area contributed by atoms with E-state index >= 15 is 0 Å². The minimum Gasteiger partial charge on any atom is -0.368 e. The average Bonchev–Trinajstić information content (AvgIpc) is 2.42. The van der Waals surface area contributed by atoms with E-state index in [1.54, 1.807) is 0 Å². The number of halogens is 2. The van der Waals surface area contributed by atoms with Crippen LogP contribution in [-0.2, 0) is 5.88 Å². The fourth-order valence-electron chi connectivity index (χ4n) is 2.88. The summed E-state index contributed by atoms with van der Waals surface area (Å²) in [5.74, 6) is 0.578. The van der Waals surface area contributed by atoms with Crippen LogP contribution in [0.5, 0.6) is 0 Å². The minimum absolute atomic E-state index is 0.578. The predicted molar refractivity (Wildman–Crippen MR) is 83.6 cm³/mol. The van der Waals surface area contributed by atoms with E-state index in [9.17, 15) is 0 Å². The van der Waals surface area contributed by atoms with Crippen LogP contribution >= 0.6 is 27.5 Å². The lowest BCUT2D eigenvalue weighted by Gasteiger charge is -2.36. The first-order valence-corrected chi connectivity index (χ1v) is 8.20. The fraction of sp³-hybridized carbons (Fsp3) is 0.600. The number of nitrogens with zero attached hydrogens (tertiary/aromatic N) is 1. The van der Waals surface area contributed by atoms with Gasteiger partial charge >= 0.3 is 0 Å². The van der Waals surface area contributed by atoms with Gasteiger partial charge in [0.15, 0.2) is 0 Å². The van der Waals surface area contributed by atoms with Crippen molar-refractivity contribution in [2.75, 3.05) is 11.4 Å². The summed E-state index contributed by atoms with van der Waals surface area (Å²) in [5.41, 5.74) is 2.49. The molecule has 2 rings (SSSR count). The molecule has 3 heteroatoms. The van der Waals surface area contributed by atoms with E-state index in [2.05, 4.69) is 46.0 Å². The second-order valence-corrected chi connectivity index (χ2v) is 6.12. The maximum absolute atomic E-state index is 5.88. The first-order valence-electron chi connectivity index (χ1n) is 6.87. The van der Waals surface area contributed by atoms with Crippen molar-refractivity contribution in [3.05, 3.63) is 28.2 Å². The maximum Gasteiger partial charge on any atom is 0.0513 e. The molecule has 0 heterocycles. The molecule has 0 saturated heterocycles. The highest BCUT2D eigenvalue weighted by atomic mass is 79.9. The third-order valence-electron chi connectivity index (χ3n) is 3.83. The van der Waals surface area contributed by atoms with Gasteiger partial charge in [-0.3, -0.25) is 0 Å². The lowest BCUT2D eigenvalue weighted by Crippen LogP contribution is -2.36. The molecule has 0 atom stereocenters. The van der Waals surface area contributed by atoms with Crippen LogP contribution in [0.4, 0.5) is 5.69 Å². The smallest absolute Gasteiger partial charge is 0.0513 e. The van der Waals surface area contributed by atoms with Crippen LogP contribution in [0.2, 0.25) is 0 Å². The van der Waals surface area contributed by atoms with E-state index in [4.69, 9.17) is 11.6 Å². The van der Waals surface area contributed by atoms with Gasteiger partial charge in [0.25, 0.3) is 0 Å². The Bertz CT molecular complexity index is 388. The van der Waals surface area contributed by atoms with Gasteiger partial charge in [0.2, 0.25) is 0 Å². The van der Waals surface area contributed by atoms with E-state index in [1.165, 1.54) is 47.8 Å². The highest BCUT2D eigenvalue weighted by molar-refractivity contribution is 9.10. The van der Waals surface area contributed by atoms with Gasteiger partial charge in [0.1, 0.15) is 0 Å². The third-order valence-corrected chi connectivity index (χ3v) is 4.78. The number of hydrogen-bond donors (Lipinski definition) is 0. The molecule has 1 aromatic carbocycles. The summed E-state index contributed by atoms with van der Waals surface area (Å²) in [5, 5.41) is 0. The van der Waals surface area contributed by atoms with Crippen molar-refractivity contribution in [2.45, 2.75) is 50.9 Å². The number of rotatable bonds is 4. The molecule has 1 nitrogen and oxygen atoms in total. The van der Waals surface area contributed by atoms with Gasteiger partial charge in [0.05, 0.1) is 5.69 Å². The van der Waals surface area contributed by atoms with E-state index in [-0.39, 0.29) is 0 Å². The molecule has 0 bridgehead atoms. The SMILES string of the molecule is CCN(c1ccc(CCl)cc1Br)C1CCCCC1. The van der Waals surface area contributed by atoms with Gasteiger partial charge in [-0.2, -0.15) is 0 Å². The van der Waals surface area contributed by atoms with Gasteiger partial charge < -0.3 is 4.90 Å². The highest BCUT2D eigenvalue weighted by Crippen LogP contribution is 2.33. The van der Waals surface area contributed by atoms with Crippen molar-refractivity contribution in [2.24, 2.45) is 0 Å². The second kappa shape index (κ2) is 6.81. The molecule has 1 aliphatic carbocycles. The fourth-order valence-corrected chi connectivity index (χ4v) is 3.70.